The molecule has 0 aromatic carbocycles. The van der Waals surface area contributed by atoms with Gasteiger partial charge in [0.1, 0.15) is 5.82 Å². The van der Waals surface area contributed by atoms with Crippen molar-refractivity contribution in [2.24, 2.45) is 0 Å². The van der Waals surface area contributed by atoms with Crippen molar-refractivity contribution in [3.63, 3.8) is 0 Å². The van der Waals surface area contributed by atoms with Gasteiger partial charge < -0.3 is 20.1 Å². The van der Waals surface area contributed by atoms with Gasteiger partial charge in [-0.1, -0.05) is 0 Å². The van der Waals surface area contributed by atoms with Crippen molar-refractivity contribution in [3.05, 3.63) is 23.9 Å². The highest BCUT2D eigenvalue weighted by atomic mass is 16.5. The van der Waals surface area contributed by atoms with Crippen molar-refractivity contribution in [1.82, 2.24) is 10.3 Å². The Morgan fingerprint density at radius 2 is 2.28 bits per heavy atom. The number of nitrogens with zero attached hydrogens (tertiary/aromatic N) is 2. The molecule has 0 aliphatic heterocycles. The van der Waals surface area contributed by atoms with Crippen LogP contribution in [-0.2, 0) is 4.74 Å². The van der Waals surface area contributed by atoms with Crippen LogP contribution in [0.15, 0.2) is 18.3 Å². The molecule has 0 aliphatic rings. The van der Waals surface area contributed by atoms with E-state index in [2.05, 4.69) is 17.2 Å². The molecule has 0 fully saturated rings. The van der Waals surface area contributed by atoms with E-state index in [1.54, 1.807) is 13.3 Å². The largest absolute Gasteiger partial charge is 0.395 e. The fourth-order valence-corrected chi connectivity index (χ4v) is 1.71. The molecule has 0 saturated heterocycles. The van der Waals surface area contributed by atoms with Crippen LogP contribution in [0.25, 0.3) is 0 Å². The van der Waals surface area contributed by atoms with Crippen LogP contribution >= 0.6 is 0 Å². The van der Waals surface area contributed by atoms with Gasteiger partial charge in [0, 0.05) is 32.4 Å². The third kappa shape index (κ3) is 4.25. The molecule has 0 amide bonds. The first kappa shape index (κ1) is 14.9. The normalized spacial score (nSPS) is 12.4. The van der Waals surface area contributed by atoms with E-state index in [-0.39, 0.29) is 12.6 Å². The van der Waals surface area contributed by atoms with Gasteiger partial charge in [-0.3, -0.25) is 0 Å². The molecule has 2 N–H and O–H groups in total. The minimum atomic E-state index is 0.108. The van der Waals surface area contributed by atoms with Crippen LogP contribution < -0.4 is 10.2 Å². The van der Waals surface area contributed by atoms with Crippen molar-refractivity contribution < 1.29 is 9.84 Å². The van der Waals surface area contributed by atoms with Gasteiger partial charge >= 0.3 is 0 Å². The van der Waals surface area contributed by atoms with Gasteiger partial charge in [0.2, 0.25) is 0 Å². The van der Waals surface area contributed by atoms with Crippen molar-refractivity contribution >= 4 is 5.82 Å². The summed E-state index contributed by atoms with van der Waals surface area (Å²) in [5.74, 6) is 0.876. The number of aliphatic hydroxyl groups is 1. The monoisotopic (exact) mass is 253 g/mol. The first-order valence-electron chi connectivity index (χ1n) is 6.21. The second kappa shape index (κ2) is 8.02. The summed E-state index contributed by atoms with van der Waals surface area (Å²) in [4.78, 5) is 6.38. The summed E-state index contributed by atoms with van der Waals surface area (Å²) < 4.78 is 5.08. The Balaban J connectivity index is 2.83. The van der Waals surface area contributed by atoms with Crippen molar-refractivity contribution in [1.29, 1.82) is 0 Å². The lowest BCUT2D eigenvalue weighted by Gasteiger charge is -2.23. The van der Waals surface area contributed by atoms with Gasteiger partial charge in [-0.25, -0.2) is 4.98 Å². The first-order valence-corrected chi connectivity index (χ1v) is 6.21. The number of anilines is 1. The van der Waals surface area contributed by atoms with E-state index < -0.39 is 0 Å². The number of rotatable bonds is 8. The Morgan fingerprint density at radius 3 is 2.89 bits per heavy atom. The highest BCUT2D eigenvalue weighted by Gasteiger charge is 2.10. The maximum Gasteiger partial charge on any atom is 0.128 e. The molecule has 0 aliphatic carbocycles. The molecule has 1 unspecified atom stereocenters. The number of pyridine rings is 1. The quantitative estimate of drug-likeness (QED) is 0.718. The second-order valence-electron chi connectivity index (χ2n) is 4.16. The summed E-state index contributed by atoms with van der Waals surface area (Å²) in [7, 11) is 3.60. The average molecular weight is 253 g/mol. The molecular weight excluding hydrogens is 230 g/mol. The molecule has 0 saturated carbocycles. The molecule has 18 heavy (non-hydrogen) atoms. The summed E-state index contributed by atoms with van der Waals surface area (Å²) >= 11 is 0. The fraction of sp³-hybridized carbons (Fsp3) is 0.615. The topological polar surface area (TPSA) is 57.6 Å². The number of nitrogens with one attached hydrogen (secondary N) is 1. The number of methoxy groups -OCH3 is 1. The maximum atomic E-state index is 9.10. The van der Waals surface area contributed by atoms with Crippen molar-refractivity contribution in [3.8, 4) is 0 Å². The van der Waals surface area contributed by atoms with Crippen LogP contribution in [0.3, 0.4) is 0 Å². The molecular formula is C13H23N3O2. The Bertz CT molecular complexity index is 347. The maximum absolute atomic E-state index is 9.10. The predicted octanol–water partition coefficient (Wildman–Crippen LogP) is 0.807. The standard InChI is InChI=1S/C13H23N3O2/c1-11(14-2)12-4-5-15-13(10-12)16(6-8-17)7-9-18-3/h4-5,10-11,14,17H,6-9H2,1-3H3. The van der Waals surface area contributed by atoms with Gasteiger partial charge in [-0.05, 0) is 31.7 Å². The van der Waals surface area contributed by atoms with Gasteiger partial charge in [-0.15, -0.1) is 0 Å². The molecule has 0 radical (unpaired) electrons. The third-order valence-electron chi connectivity index (χ3n) is 2.96. The Morgan fingerprint density at radius 1 is 1.50 bits per heavy atom. The van der Waals surface area contributed by atoms with Crippen LogP contribution in [0.1, 0.15) is 18.5 Å². The van der Waals surface area contributed by atoms with Crippen LogP contribution in [0.5, 0.6) is 0 Å². The highest BCUT2D eigenvalue weighted by Crippen LogP contribution is 2.17. The molecule has 5 nitrogen and oxygen atoms in total. The van der Waals surface area contributed by atoms with Crippen LogP contribution in [0, 0.1) is 0 Å². The minimum absolute atomic E-state index is 0.108. The van der Waals surface area contributed by atoms with Gasteiger partial charge in [0.15, 0.2) is 0 Å². The number of hydrogen-bond acceptors (Lipinski definition) is 5. The van der Waals surface area contributed by atoms with E-state index in [4.69, 9.17) is 9.84 Å². The Labute approximate surface area is 109 Å². The summed E-state index contributed by atoms with van der Waals surface area (Å²) in [5.41, 5.74) is 1.18. The van der Waals surface area contributed by atoms with Gasteiger partial charge in [-0.2, -0.15) is 0 Å². The van der Waals surface area contributed by atoms with E-state index in [9.17, 15) is 0 Å². The summed E-state index contributed by atoms with van der Waals surface area (Å²) in [6.07, 6.45) is 1.80. The number of aromatic nitrogens is 1. The highest BCUT2D eigenvalue weighted by molar-refractivity contribution is 5.41. The third-order valence-corrected chi connectivity index (χ3v) is 2.96. The SMILES string of the molecule is CNC(C)c1ccnc(N(CCO)CCOC)c1. The van der Waals surface area contributed by atoms with E-state index >= 15 is 0 Å². The molecule has 1 heterocycles. The van der Waals surface area contributed by atoms with E-state index in [0.29, 0.717) is 13.2 Å². The molecule has 1 rings (SSSR count). The summed E-state index contributed by atoms with van der Waals surface area (Å²) in [5, 5.41) is 12.3. The van der Waals surface area contributed by atoms with E-state index in [1.165, 1.54) is 5.56 Å². The Kier molecular flexibility index (Phi) is 6.64. The van der Waals surface area contributed by atoms with Gasteiger partial charge in [0.05, 0.1) is 13.2 Å². The smallest absolute Gasteiger partial charge is 0.128 e. The average Bonchev–Trinajstić information content (AvgIpc) is 2.42. The minimum Gasteiger partial charge on any atom is -0.395 e. The lowest BCUT2D eigenvalue weighted by molar-refractivity contribution is 0.202. The summed E-state index contributed by atoms with van der Waals surface area (Å²) in [6.45, 7) is 4.12. The summed E-state index contributed by atoms with van der Waals surface area (Å²) in [6, 6.07) is 4.33. The molecule has 1 atom stereocenters. The molecule has 1 aromatic heterocycles. The molecule has 5 heteroatoms. The van der Waals surface area contributed by atoms with Crippen molar-refractivity contribution in [2.75, 3.05) is 45.4 Å². The molecule has 102 valence electrons. The predicted molar refractivity (Wildman–Crippen MR) is 72.9 cm³/mol. The van der Waals surface area contributed by atoms with E-state index in [0.717, 1.165) is 12.4 Å². The zero-order valence-electron chi connectivity index (χ0n) is 11.4. The molecule has 0 spiro atoms. The number of hydrogen-bond donors (Lipinski definition) is 2. The van der Waals surface area contributed by atoms with Crippen LogP contribution in [0.4, 0.5) is 5.82 Å². The molecule has 1 aromatic rings. The fourth-order valence-electron chi connectivity index (χ4n) is 1.71. The zero-order chi connectivity index (χ0) is 13.4. The van der Waals surface area contributed by atoms with Crippen LogP contribution in [-0.4, -0.2) is 50.6 Å². The zero-order valence-corrected chi connectivity index (χ0v) is 11.4. The number of ether oxygens (including phenoxy) is 1. The second-order valence-corrected chi connectivity index (χ2v) is 4.16. The molecule has 0 bridgehead atoms. The Hall–Kier alpha value is -1.17. The van der Waals surface area contributed by atoms with Crippen molar-refractivity contribution in [2.45, 2.75) is 13.0 Å². The lowest BCUT2D eigenvalue weighted by atomic mass is 10.1. The van der Waals surface area contributed by atoms with E-state index in [1.807, 2.05) is 24.1 Å². The lowest BCUT2D eigenvalue weighted by Crippen LogP contribution is -2.31. The first-order chi connectivity index (χ1) is 8.72. The van der Waals surface area contributed by atoms with Crippen LogP contribution in [0.2, 0.25) is 0 Å². The van der Waals surface area contributed by atoms with Gasteiger partial charge in [0.25, 0.3) is 0 Å². The number of aliphatic hydroxyl groups excluding tert-OH is 1.